The van der Waals surface area contributed by atoms with Gasteiger partial charge in [0.1, 0.15) is 0 Å². The van der Waals surface area contributed by atoms with E-state index >= 15 is 0 Å². The van der Waals surface area contributed by atoms with Crippen molar-refractivity contribution in [1.29, 1.82) is 0 Å². The van der Waals surface area contributed by atoms with Gasteiger partial charge in [0.15, 0.2) is 0 Å². The van der Waals surface area contributed by atoms with E-state index in [1.54, 1.807) is 28.6 Å². The van der Waals surface area contributed by atoms with Crippen molar-refractivity contribution in [1.82, 2.24) is 14.5 Å². The summed E-state index contributed by atoms with van der Waals surface area (Å²) in [4.78, 5) is 17.6. The summed E-state index contributed by atoms with van der Waals surface area (Å²) in [6, 6.07) is 14.9. The standard InChI is InChI=1S/C26H36N4O3S/c1-21-6-5-8-24(20-21)29-18-16-28(17-19-29)15-13-27-26(31)23-9-11-25(12-10-23)34(32,33)30-14-4-3-7-22(30)2/h5-6,8-12,20,22H,3-4,7,13-19H2,1-2H3,(H,27,31). The molecule has 0 aliphatic carbocycles. The number of carbonyl (C=O) groups excluding carboxylic acids is 1. The number of piperazine rings is 1. The maximum absolute atomic E-state index is 13.0. The Kier molecular flexibility index (Phi) is 7.91. The van der Waals surface area contributed by atoms with E-state index in [2.05, 4.69) is 46.3 Å². The summed E-state index contributed by atoms with van der Waals surface area (Å²) in [5, 5.41) is 2.97. The Morgan fingerprint density at radius 1 is 1.00 bits per heavy atom. The molecule has 0 aromatic heterocycles. The van der Waals surface area contributed by atoms with Crippen LogP contribution in [0.4, 0.5) is 5.69 Å². The second-order valence-electron chi connectivity index (χ2n) is 9.41. The highest BCUT2D eigenvalue weighted by molar-refractivity contribution is 7.89. The van der Waals surface area contributed by atoms with Crippen molar-refractivity contribution in [2.75, 3.05) is 50.7 Å². The first-order chi connectivity index (χ1) is 16.3. The predicted octanol–water partition coefficient (Wildman–Crippen LogP) is 3.11. The van der Waals surface area contributed by atoms with Gasteiger partial charge in [0.25, 0.3) is 5.91 Å². The Morgan fingerprint density at radius 2 is 1.74 bits per heavy atom. The number of nitrogens with zero attached hydrogens (tertiary/aromatic N) is 3. The number of rotatable bonds is 7. The summed E-state index contributed by atoms with van der Waals surface area (Å²) in [5.74, 6) is -0.173. The van der Waals surface area contributed by atoms with Crippen LogP contribution in [-0.4, -0.2) is 75.4 Å². The van der Waals surface area contributed by atoms with Crippen molar-refractivity contribution in [2.45, 2.75) is 44.0 Å². The highest BCUT2D eigenvalue weighted by Crippen LogP contribution is 2.25. The smallest absolute Gasteiger partial charge is 0.251 e. The van der Waals surface area contributed by atoms with E-state index in [1.165, 1.54) is 11.3 Å². The van der Waals surface area contributed by atoms with Crippen LogP contribution in [0.25, 0.3) is 0 Å². The SMILES string of the molecule is Cc1cccc(N2CCN(CCNC(=O)c3ccc(S(=O)(=O)N4CCCCC4C)cc3)CC2)c1. The van der Waals surface area contributed by atoms with Crippen molar-refractivity contribution in [3.05, 3.63) is 59.7 Å². The minimum absolute atomic E-state index is 0.0143. The van der Waals surface area contributed by atoms with Gasteiger partial charge in [0.05, 0.1) is 4.90 Å². The molecule has 0 spiro atoms. The van der Waals surface area contributed by atoms with E-state index < -0.39 is 10.0 Å². The number of amides is 1. The molecule has 2 aliphatic heterocycles. The van der Waals surface area contributed by atoms with Gasteiger partial charge in [0.2, 0.25) is 10.0 Å². The van der Waals surface area contributed by atoms with Crippen LogP contribution < -0.4 is 10.2 Å². The Labute approximate surface area is 203 Å². The number of benzene rings is 2. The van der Waals surface area contributed by atoms with E-state index in [0.29, 0.717) is 18.7 Å². The number of piperidine rings is 1. The number of sulfonamides is 1. The maximum Gasteiger partial charge on any atom is 0.251 e. The first-order valence-corrected chi connectivity index (χ1v) is 13.7. The van der Waals surface area contributed by atoms with E-state index in [4.69, 9.17) is 0 Å². The molecule has 4 rings (SSSR count). The molecule has 2 aromatic rings. The zero-order valence-electron chi connectivity index (χ0n) is 20.2. The second-order valence-corrected chi connectivity index (χ2v) is 11.3. The normalized spacial score (nSPS) is 20.3. The fourth-order valence-corrected chi connectivity index (χ4v) is 6.53. The molecular formula is C26H36N4O3S. The lowest BCUT2D eigenvalue weighted by Crippen LogP contribution is -2.48. The molecule has 1 amide bonds. The average molecular weight is 485 g/mol. The molecular weight excluding hydrogens is 448 g/mol. The molecule has 2 fully saturated rings. The largest absolute Gasteiger partial charge is 0.369 e. The van der Waals surface area contributed by atoms with Gasteiger partial charge in [-0.05, 0) is 68.7 Å². The lowest BCUT2D eigenvalue weighted by molar-refractivity contribution is 0.0947. The molecule has 0 radical (unpaired) electrons. The van der Waals surface area contributed by atoms with Gasteiger partial charge in [0, 0.05) is 63.1 Å². The molecule has 1 atom stereocenters. The Hall–Kier alpha value is -2.42. The molecule has 1 unspecified atom stereocenters. The Bertz CT molecular complexity index is 1080. The molecule has 1 N–H and O–H groups in total. The van der Waals surface area contributed by atoms with E-state index in [9.17, 15) is 13.2 Å². The lowest BCUT2D eigenvalue weighted by atomic mass is 10.1. The highest BCUT2D eigenvalue weighted by atomic mass is 32.2. The lowest BCUT2D eigenvalue weighted by Gasteiger charge is -2.36. The van der Waals surface area contributed by atoms with Gasteiger partial charge in [-0.3, -0.25) is 9.69 Å². The third-order valence-corrected chi connectivity index (χ3v) is 8.95. The minimum atomic E-state index is -3.52. The second kappa shape index (κ2) is 10.9. The van der Waals surface area contributed by atoms with Gasteiger partial charge in [-0.2, -0.15) is 4.31 Å². The van der Waals surface area contributed by atoms with Crippen molar-refractivity contribution in [2.24, 2.45) is 0 Å². The van der Waals surface area contributed by atoms with Crippen LogP contribution >= 0.6 is 0 Å². The topological polar surface area (TPSA) is 73.0 Å². The van der Waals surface area contributed by atoms with Crippen molar-refractivity contribution >= 4 is 21.6 Å². The van der Waals surface area contributed by atoms with Gasteiger partial charge in [-0.15, -0.1) is 0 Å². The molecule has 34 heavy (non-hydrogen) atoms. The molecule has 2 aromatic carbocycles. The molecule has 8 heteroatoms. The Morgan fingerprint density at radius 3 is 2.41 bits per heavy atom. The maximum atomic E-state index is 13.0. The Balaban J connectivity index is 1.24. The fourth-order valence-electron chi connectivity index (χ4n) is 4.83. The number of carbonyl (C=O) groups is 1. The first-order valence-electron chi connectivity index (χ1n) is 12.3. The highest BCUT2D eigenvalue weighted by Gasteiger charge is 2.31. The molecule has 2 heterocycles. The summed E-state index contributed by atoms with van der Waals surface area (Å²) < 4.78 is 27.5. The number of aryl methyl sites for hydroxylation is 1. The van der Waals surface area contributed by atoms with Crippen LogP contribution in [0.1, 0.15) is 42.1 Å². The van der Waals surface area contributed by atoms with Crippen molar-refractivity contribution in [3.8, 4) is 0 Å². The van der Waals surface area contributed by atoms with Gasteiger partial charge in [-0.1, -0.05) is 18.6 Å². The fraction of sp³-hybridized carbons (Fsp3) is 0.500. The van der Waals surface area contributed by atoms with Crippen LogP contribution in [0.15, 0.2) is 53.4 Å². The third kappa shape index (κ3) is 5.79. The van der Waals surface area contributed by atoms with Crippen molar-refractivity contribution < 1.29 is 13.2 Å². The summed E-state index contributed by atoms with van der Waals surface area (Å²) in [5.41, 5.74) is 3.03. The number of hydrogen-bond donors (Lipinski definition) is 1. The van der Waals surface area contributed by atoms with Crippen LogP contribution in [0.3, 0.4) is 0 Å². The average Bonchev–Trinajstić information content (AvgIpc) is 2.84. The zero-order valence-corrected chi connectivity index (χ0v) is 21.1. The van der Waals surface area contributed by atoms with Crippen LogP contribution in [0.2, 0.25) is 0 Å². The minimum Gasteiger partial charge on any atom is -0.369 e. The molecule has 7 nitrogen and oxygen atoms in total. The third-order valence-electron chi connectivity index (χ3n) is 6.92. The quantitative estimate of drug-likeness (QED) is 0.654. The van der Waals surface area contributed by atoms with E-state index in [0.717, 1.165) is 52.0 Å². The van der Waals surface area contributed by atoms with Crippen LogP contribution in [-0.2, 0) is 10.0 Å². The monoisotopic (exact) mass is 484 g/mol. The summed E-state index contributed by atoms with van der Waals surface area (Å²) in [7, 11) is -3.52. The number of nitrogens with one attached hydrogen (secondary N) is 1. The summed E-state index contributed by atoms with van der Waals surface area (Å²) in [6.07, 6.45) is 2.85. The van der Waals surface area contributed by atoms with E-state index in [-0.39, 0.29) is 16.8 Å². The predicted molar refractivity (Wildman–Crippen MR) is 136 cm³/mol. The van der Waals surface area contributed by atoms with Gasteiger partial charge in [-0.25, -0.2) is 8.42 Å². The van der Waals surface area contributed by atoms with E-state index in [1.807, 2.05) is 6.92 Å². The zero-order chi connectivity index (χ0) is 24.1. The van der Waals surface area contributed by atoms with Gasteiger partial charge >= 0.3 is 0 Å². The molecule has 2 aliphatic rings. The summed E-state index contributed by atoms with van der Waals surface area (Å²) in [6.45, 7) is 9.87. The first kappa shape index (κ1) is 24.7. The molecule has 2 saturated heterocycles. The van der Waals surface area contributed by atoms with Crippen LogP contribution in [0, 0.1) is 6.92 Å². The summed E-state index contributed by atoms with van der Waals surface area (Å²) >= 11 is 0. The molecule has 0 saturated carbocycles. The molecule has 184 valence electrons. The van der Waals surface area contributed by atoms with Gasteiger partial charge < -0.3 is 10.2 Å². The van der Waals surface area contributed by atoms with Crippen molar-refractivity contribution in [3.63, 3.8) is 0 Å². The molecule has 0 bridgehead atoms. The van der Waals surface area contributed by atoms with Crippen LogP contribution in [0.5, 0.6) is 0 Å². The number of hydrogen-bond acceptors (Lipinski definition) is 5. The number of anilines is 1.